The van der Waals surface area contributed by atoms with Crippen LogP contribution in [0.5, 0.6) is 0 Å². The number of nitrogens with two attached hydrogens (primary N) is 1. The fraction of sp³-hybridized carbons (Fsp3) is 0.400. The van der Waals surface area contributed by atoms with E-state index >= 15 is 0 Å². The van der Waals surface area contributed by atoms with Gasteiger partial charge in [-0.25, -0.2) is 13.1 Å². The second-order valence-electron chi connectivity index (χ2n) is 3.36. The molecule has 0 spiro atoms. The highest BCUT2D eigenvalue weighted by atomic mass is 32.2. The van der Waals surface area contributed by atoms with Gasteiger partial charge in [0.1, 0.15) is 0 Å². The van der Waals surface area contributed by atoms with E-state index in [-0.39, 0.29) is 5.75 Å². The van der Waals surface area contributed by atoms with Gasteiger partial charge >= 0.3 is 0 Å². The molecule has 0 saturated heterocycles. The molecule has 0 unspecified atom stereocenters. The largest absolute Gasteiger partial charge is 0.399 e. The van der Waals surface area contributed by atoms with E-state index in [0.29, 0.717) is 12.2 Å². The number of nitrogen functional groups attached to an aromatic ring is 1. The van der Waals surface area contributed by atoms with Crippen LogP contribution >= 0.6 is 0 Å². The molecule has 0 aromatic heterocycles. The Kier molecular flexibility index (Phi) is 3.71. The fourth-order valence-electron chi connectivity index (χ4n) is 1.18. The van der Waals surface area contributed by atoms with Crippen molar-refractivity contribution in [3.05, 3.63) is 29.3 Å². The second kappa shape index (κ2) is 4.63. The highest BCUT2D eigenvalue weighted by molar-refractivity contribution is 7.89. The molecule has 0 saturated carbocycles. The standard InChI is InChI=1S/C10H16N2O2S/c1-3-15(13,14)12-7-9-5-4-6-10(11)8(9)2/h4-6,12H,3,7,11H2,1-2H3. The molecule has 15 heavy (non-hydrogen) atoms. The lowest BCUT2D eigenvalue weighted by Gasteiger charge is -2.09. The average Bonchev–Trinajstić information content (AvgIpc) is 2.20. The van der Waals surface area contributed by atoms with Crippen LogP contribution in [0.3, 0.4) is 0 Å². The number of hydrogen-bond donors (Lipinski definition) is 2. The predicted octanol–water partition coefficient (Wildman–Crippen LogP) is 1.02. The molecule has 0 atom stereocenters. The summed E-state index contributed by atoms with van der Waals surface area (Å²) in [5, 5.41) is 0. The first-order valence-corrected chi connectivity index (χ1v) is 6.43. The molecule has 3 N–H and O–H groups in total. The van der Waals surface area contributed by atoms with Crippen LogP contribution in [0, 0.1) is 6.92 Å². The van der Waals surface area contributed by atoms with Crippen LogP contribution in [0.25, 0.3) is 0 Å². The van der Waals surface area contributed by atoms with E-state index in [2.05, 4.69) is 4.72 Å². The first kappa shape index (κ1) is 12.0. The van der Waals surface area contributed by atoms with Crippen molar-refractivity contribution in [1.82, 2.24) is 4.72 Å². The number of anilines is 1. The normalized spacial score (nSPS) is 11.6. The average molecular weight is 228 g/mol. The molecule has 1 rings (SSSR count). The maximum atomic E-state index is 11.2. The molecule has 4 nitrogen and oxygen atoms in total. The molecule has 0 aliphatic carbocycles. The van der Waals surface area contributed by atoms with E-state index in [1.54, 1.807) is 13.0 Å². The second-order valence-corrected chi connectivity index (χ2v) is 5.45. The van der Waals surface area contributed by atoms with Gasteiger partial charge in [0, 0.05) is 12.2 Å². The van der Waals surface area contributed by atoms with Crippen molar-refractivity contribution in [1.29, 1.82) is 0 Å². The van der Waals surface area contributed by atoms with E-state index < -0.39 is 10.0 Å². The lowest BCUT2D eigenvalue weighted by Crippen LogP contribution is -2.25. The number of rotatable bonds is 4. The lowest BCUT2D eigenvalue weighted by atomic mass is 10.1. The first-order chi connectivity index (χ1) is 6.96. The van der Waals surface area contributed by atoms with Gasteiger partial charge in [-0.1, -0.05) is 12.1 Å². The Bertz CT molecular complexity index is 441. The quantitative estimate of drug-likeness (QED) is 0.756. The Hall–Kier alpha value is -1.07. The van der Waals surface area contributed by atoms with Gasteiger partial charge < -0.3 is 5.73 Å². The minimum Gasteiger partial charge on any atom is -0.399 e. The Morgan fingerprint density at radius 3 is 2.67 bits per heavy atom. The van der Waals surface area contributed by atoms with Gasteiger partial charge in [-0.2, -0.15) is 0 Å². The van der Waals surface area contributed by atoms with Gasteiger partial charge in [0.25, 0.3) is 0 Å². The Morgan fingerprint density at radius 2 is 2.07 bits per heavy atom. The highest BCUT2D eigenvalue weighted by Gasteiger charge is 2.07. The van der Waals surface area contributed by atoms with E-state index in [1.807, 2.05) is 19.1 Å². The first-order valence-electron chi connectivity index (χ1n) is 4.77. The smallest absolute Gasteiger partial charge is 0.211 e. The third-order valence-electron chi connectivity index (χ3n) is 2.35. The summed E-state index contributed by atoms with van der Waals surface area (Å²) < 4.78 is 25.0. The SMILES string of the molecule is CCS(=O)(=O)NCc1cccc(N)c1C. The summed E-state index contributed by atoms with van der Waals surface area (Å²) in [5.41, 5.74) is 8.24. The van der Waals surface area contributed by atoms with Gasteiger partial charge in [-0.15, -0.1) is 0 Å². The number of nitrogens with one attached hydrogen (secondary N) is 1. The van der Waals surface area contributed by atoms with Gasteiger partial charge in [0.05, 0.1) is 5.75 Å². The van der Waals surface area contributed by atoms with Crippen LogP contribution in [-0.4, -0.2) is 14.2 Å². The van der Waals surface area contributed by atoms with Crippen molar-refractivity contribution >= 4 is 15.7 Å². The van der Waals surface area contributed by atoms with Gasteiger partial charge in [-0.3, -0.25) is 0 Å². The molecule has 0 aliphatic heterocycles. The summed E-state index contributed by atoms with van der Waals surface area (Å²) >= 11 is 0. The Balaban J connectivity index is 2.79. The van der Waals surface area contributed by atoms with Crippen LogP contribution in [0.1, 0.15) is 18.1 Å². The molecule has 0 heterocycles. The number of sulfonamides is 1. The van der Waals surface area contributed by atoms with E-state index in [9.17, 15) is 8.42 Å². The molecule has 1 aromatic carbocycles. The zero-order valence-electron chi connectivity index (χ0n) is 8.95. The molecule has 0 aliphatic rings. The van der Waals surface area contributed by atoms with E-state index in [1.165, 1.54) is 0 Å². The Morgan fingerprint density at radius 1 is 1.40 bits per heavy atom. The molecule has 1 aromatic rings. The summed E-state index contributed by atoms with van der Waals surface area (Å²) in [5.74, 6) is 0.0916. The molecular formula is C10H16N2O2S. The molecule has 0 fully saturated rings. The van der Waals surface area contributed by atoms with Crippen LogP contribution in [0.2, 0.25) is 0 Å². The topological polar surface area (TPSA) is 72.2 Å². The predicted molar refractivity (Wildman–Crippen MR) is 61.9 cm³/mol. The third-order valence-corrected chi connectivity index (χ3v) is 3.69. The molecule has 0 amide bonds. The monoisotopic (exact) mass is 228 g/mol. The van der Waals surface area contributed by atoms with Gasteiger partial charge in [0.2, 0.25) is 10.0 Å². The van der Waals surface area contributed by atoms with Crippen molar-refractivity contribution in [3.8, 4) is 0 Å². The maximum absolute atomic E-state index is 11.2. The van der Waals surface area contributed by atoms with Crippen molar-refractivity contribution in [2.75, 3.05) is 11.5 Å². The van der Waals surface area contributed by atoms with Crippen LogP contribution in [0.4, 0.5) is 5.69 Å². The third kappa shape index (κ3) is 3.21. The summed E-state index contributed by atoms with van der Waals surface area (Å²) in [6.07, 6.45) is 0. The van der Waals surface area contributed by atoms with Gasteiger partial charge in [0.15, 0.2) is 0 Å². The summed E-state index contributed by atoms with van der Waals surface area (Å²) in [4.78, 5) is 0. The lowest BCUT2D eigenvalue weighted by molar-refractivity contribution is 0.582. The number of benzene rings is 1. The zero-order valence-corrected chi connectivity index (χ0v) is 9.76. The summed E-state index contributed by atoms with van der Waals surface area (Å²) in [7, 11) is -3.14. The zero-order chi connectivity index (χ0) is 11.5. The Labute approximate surface area is 90.5 Å². The van der Waals surface area contributed by atoms with Crippen molar-refractivity contribution in [3.63, 3.8) is 0 Å². The van der Waals surface area contributed by atoms with Crippen LogP contribution in [0.15, 0.2) is 18.2 Å². The summed E-state index contributed by atoms with van der Waals surface area (Å²) in [6, 6.07) is 5.48. The maximum Gasteiger partial charge on any atom is 0.211 e. The number of hydrogen-bond acceptors (Lipinski definition) is 3. The van der Waals surface area contributed by atoms with Crippen LogP contribution in [-0.2, 0) is 16.6 Å². The van der Waals surface area contributed by atoms with Gasteiger partial charge in [-0.05, 0) is 31.0 Å². The molecule has 0 bridgehead atoms. The molecule has 0 radical (unpaired) electrons. The van der Waals surface area contributed by atoms with Crippen molar-refractivity contribution in [2.45, 2.75) is 20.4 Å². The molecule has 84 valence electrons. The van der Waals surface area contributed by atoms with Crippen molar-refractivity contribution < 1.29 is 8.42 Å². The minimum atomic E-state index is -3.14. The highest BCUT2D eigenvalue weighted by Crippen LogP contribution is 2.15. The minimum absolute atomic E-state index is 0.0916. The van der Waals surface area contributed by atoms with E-state index in [0.717, 1.165) is 11.1 Å². The van der Waals surface area contributed by atoms with E-state index in [4.69, 9.17) is 5.73 Å². The summed E-state index contributed by atoms with van der Waals surface area (Å²) in [6.45, 7) is 3.78. The molecule has 5 heteroatoms. The molecular weight excluding hydrogens is 212 g/mol. The fourth-order valence-corrected chi connectivity index (χ4v) is 1.76. The van der Waals surface area contributed by atoms with Crippen LogP contribution < -0.4 is 10.5 Å². The van der Waals surface area contributed by atoms with Crippen molar-refractivity contribution in [2.24, 2.45) is 0 Å².